The average molecular weight is 263 g/mol. The van der Waals surface area contributed by atoms with Crippen molar-refractivity contribution < 1.29 is 0 Å². The van der Waals surface area contributed by atoms with Gasteiger partial charge in [-0.2, -0.15) is 0 Å². The maximum Gasteiger partial charge on any atom is 0.0951 e. The van der Waals surface area contributed by atoms with Crippen molar-refractivity contribution in [2.75, 3.05) is 39.8 Å². The molecular formula is C14H25N5. The van der Waals surface area contributed by atoms with Crippen molar-refractivity contribution in [3.8, 4) is 0 Å². The van der Waals surface area contributed by atoms with Gasteiger partial charge in [-0.15, -0.1) is 0 Å². The molecule has 1 saturated carbocycles. The normalized spacial score (nSPS) is 24.3. The molecule has 5 heteroatoms. The van der Waals surface area contributed by atoms with Crippen LogP contribution in [-0.2, 0) is 0 Å². The Morgan fingerprint density at radius 2 is 2.16 bits per heavy atom. The number of imidazole rings is 1. The SMILES string of the molecule is CN1CCCN(C(CN)c2cncn2C2CC2)CC1. The molecule has 5 nitrogen and oxygen atoms in total. The summed E-state index contributed by atoms with van der Waals surface area (Å²) in [5.74, 6) is 0. The zero-order chi connectivity index (χ0) is 13.2. The van der Waals surface area contributed by atoms with Gasteiger partial charge in [0.05, 0.1) is 18.1 Å². The number of hydrogen-bond donors (Lipinski definition) is 1. The Hall–Kier alpha value is -0.910. The van der Waals surface area contributed by atoms with Crippen LogP contribution < -0.4 is 5.73 Å². The van der Waals surface area contributed by atoms with E-state index in [-0.39, 0.29) is 0 Å². The molecule has 1 atom stereocenters. The summed E-state index contributed by atoms with van der Waals surface area (Å²) in [6.45, 7) is 5.25. The molecule has 1 aromatic rings. The third-order valence-electron chi connectivity index (χ3n) is 4.40. The second kappa shape index (κ2) is 5.61. The highest BCUT2D eigenvalue weighted by atomic mass is 15.2. The first-order valence-corrected chi connectivity index (χ1v) is 7.44. The van der Waals surface area contributed by atoms with E-state index in [0.29, 0.717) is 18.6 Å². The number of hydrogen-bond acceptors (Lipinski definition) is 4. The van der Waals surface area contributed by atoms with Gasteiger partial charge in [-0.3, -0.25) is 4.90 Å². The highest BCUT2D eigenvalue weighted by Crippen LogP contribution is 2.37. The smallest absolute Gasteiger partial charge is 0.0951 e. The molecular weight excluding hydrogens is 238 g/mol. The fourth-order valence-electron chi connectivity index (χ4n) is 3.07. The quantitative estimate of drug-likeness (QED) is 0.875. The zero-order valence-corrected chi connectivity index (χ0v) is 11.8. The summed E-state index contributed by atoms with van der Waals surface area (Å²) >= 11 is 0. The van der Waals surface area contributed by atoms with Gasteiger partial charge in [-0.05, 0) is 32.9 Å². The second-order valence-electron chi connectivity index (χ2n) is 5.90. The standard InChI is InChI=1S/C14H25N5/c1-17-5-2-6-18(8-7-17)13(9-15)14-10-16-11-19(14)12-3-4-12/h10-13H,2-9,15H2,1H3. The molecule has 1 aliphatic carbocycles. The van der Waals surface area contributed by atoms with Crippen molar-refractivity contribution in [3.05, 3.63) is 18.2 Å². The number of likely N-dealkylation sites (N-methyl/N-ethyl adjacent to an activating group) is 1. The summed E-state index contributed by atoms with van der Waals surface area (Å²) in [4.78, 5) is 9.31. The highest BCUT2D eigenvalue weighted by molar-refractivity contribution is 5.10. The van der Waals surface area contributed by atoms with E-state index < -0.39 is 0 Å². The van der Waals surface area contributed by atoms with Crippen molar-refractivity contribution in [2.45, 2.75) is 31.3 Å². The molecule has 1 unspecified atom stereocenters. The molecule has 2 heterocycles. The van der Waals surface area contributed by atoms with E-state index in [9.17, 15) is 0 Å². The predicted molar refractivity (Wildman–Crippen MR) is 76.0 cm³/mol. The number of aromatic nitrogens is 2. The Bertz CT molecular complexity index is 412. The van der Waals surface area contributed by atoms with Crippen LogP contribution in [0.3, 0.4) is 0 Å². The molecule has 0 radical (unpaired) electrons. The van der Waals surface area contributed by atoms with Crippen LogP contribution in [0, 0.1) is 0 Å². The van der Waals surface area contributed by atoms with Crippen molar-refractivity contribution in [3.63, 3.8) is 0 Å². The van der Waals surface area contributed by atoms with Crippen LogP contribution in [0.2, 0.25) is 0 Å². The van der Waals surface area contributed by atoms with Crippen LogP contribution >= 0.6 is 0 Å². The van der Waals surface area contributed by atoms with Gasteiger partial charge in [0.15, 0.2) is 0 Å². The Balaban J connectivity index is 1.77. The lowest BCUT2D eigenvalue weighted by Crippen LogP contribution is -2.37. The first-order valence-electron chi connectivity index (χ1n) is 7.44. The van der Waals surface area contributed by atoms with E-state index in [1.54, 1.807) is 0 Å². The second-order valence-corrected chi connectivity index (χ2v) is 5.90. The van der Waals surface area contributed by atoms with Crippen LogP contribution in [-0.4, -0.2) is 59.1 Å². The highest BCUT2D eigenvalue weighted by Gasteiger charge is 2.30. The Kier molecular flexibility index (Phi) is 3.86. The van der Waals surface area contributed by atoms with Gasteiger partial charge >= 0.3 is 0 Å². The molecule has 0 spiro atoms. The summed E-state index contributed by atoms with van der Waals surface area (Å²) in [5.41, 5.74) is 7.39. The number of nitrogens with zero attached hydrogens (tertiary/aromatic N) is 4. The van der Waals surface area contributed by atoms with Crippen LogP contribution in [0.4, 0.5) is 0 Å². The summed E-state index contributed by atoms with van der Waals surface area (Å²) in [6.07, 6.45) is 7.82. The summed E-state index contributed by atoms with van der Waals surface area (Å²) in [7, 11) is 2.20. The average Bonchev–Trinajstić information content (AvgIpc) is 3.18. The summed E-state index contributed by atoms with van der Waals surface area (Å²) in [6, 6.07) is 1.01. The van der Waals surface area contributed by atoms with Crippen LogP contribution in [0.5, 0.6) is 0 Å². The molecule has 0 amide bonds. The van der Waals surface area contributed by atoms with Crippen molar-refractivity contribution in [2.24, 2.45) is 5.73 Å². The minimum Gasteiger partial charge on any atom is -0.330 e. The lowest BCUT2D eigenvalue weighted by Gasteiger charge is -2.30. The van der Waals surface area contributed by atoms with Crippen LogP contribution in [0.25, 0.3) is 0 Å². The number of rotatable bonds is 4. The monoisotopic (exact) mass is 263 g/mol. The van der Waals surface area contributed by atoms with E-state index in [1.807, 2.05) is 12.5 Å². The Labute approximate surface area is 115 Å². The summed E-state index contributed by atoms with van der Waals surface area (Å²) in [5, 5.41) is 0. The van der Waals surface area contributed by atoms with Crippen molar-refractivity contribution >= 4 is 0 Å². The van der Waals surface area contributed by atoms with Crippen molar-refractivity contribution in [1.82, 2.24) is 19.4 Å². The van der Waals surface area contributed by atoms with E-state index in [2.05, 4.69) is 26.4 Å². The van der Waals surface area contributed by atoms with Gasteiger partial charge in [0.2, 0.25) is 0 Å². The lowest BCUT2D eigenvalue weighted by atomic mass is 10.1. The van der Waals surface area contributed by atoms with Gasteiger partial charge in [-0.1, -0.05) is 0 Å². The fraction of sp³-hybridized carbons (Fsp3) is 0.786. The molecule has 106 valence electrons. The van der Waals surface area contributed by atoms with Gasteiger partial charge in [0.25, 0.3) is 0 Å². The molecule has 1 aromatic heterocycles. The van der Waals surface area contributed by atoms with Gasteiger partial charge in [-0.25, -0.2) is 4.98 Å². The molecule has 2 aliphatic rings. The molecule has 2 fully saturated rings. The maximum absolute atomic E-state index is 6.07. The molecule has 0 aromatic carbocycles. The number of nitrogens with two attached hydrogens (primary N) is 1. The molecule has 19 heavy (non-hydrogen) atoms. The third-order valence-corrected chi connectivity index (χ3v) is 4.40. The van der Waals surface area contributed by atoms with Gasteiger partial charge < -0.3 is 15.2 Å². The fourth-order valence-corrected chi connectivity index (χ4v) is 3.07. The molecule has 1 saturated heterocycles. The molecule has 0 bridgehead atoms. The van der Waals surface area contributed by atoms with E-state index >= 15 is 0 Å². The predicted octanol–water partition coefficient (Wildman–Crippen LogP) is 0.855. The topological polar surface area (TPSA) is 50.3 Å². The zero-order valence-electron chi connectivity index (χ0n) is 11.8. The lowest BCUT2D eigenvalue weighted by molar-refractivity contribution is 0.200. The van der Waals surface area contributed by atoms with Gasteiger partial charge in [0, 0.05) is 38.4 Å². The van der Waals surface area contributed by atoms with E-state index in [4.69, 9.17) is 5.73 Å². The van der Waals surface area contributed by atoms with Gasteiger partial charge in [0.1, 0.15) is 0 Å². The van der Waals surface area contributed by atoms with E-state index in [1.165, 1.54) is 31.5 Å². The van der Waals surface area contributed by atoms with Crippen LogP contribution in [0.15, 0.2) is 12.5 Å². The summed E-state index contributed by atoms with van der Waals surface area (Å²) < 4.78 is 2.35. The molecule has 2 N–H and O–H groups in total. The first-order chi connectivity index (χ1) is 9.29. The molecule has 3 rings (SSSR count). The van der Waals surface area contributed by atoms with Crippen LogP contribution in [0.1, 0.15) is 37.0 Å². The maximum atomic E-state index is 6.07. The Morgan fingerprint density at radius 3 is 2.89 bits per heavy atom. The molecule has 1 aliphatic heterocycles. The third kappa shape index (κ3) is 2.83. The van der Waals surface area contributed by atoms with E-state index in [0.717, 1.165) is 19.6 Å². The minimum atomic E-state index is 0.328. The largest absolute Gasteiger partial charge is 0.330 e. The first kappa shape index (κ1) is 13.1. The Morgan fingerprint density at radius 1 is 1.32 bits per heavy atom. The minimum absolute atomic E-state index is 0.328. The van der Waals surface area contributed by atoms with Crippen molar-refractivity contribution in [1.29, 1.82) is 0 Å².